The lowest BCUT2D eigenvalue weighted by atomic mass is 9.77. The number of carboxylic acid groups (broad SMARTS) is 1. The molecule has 0 bridgehead atoms. The first kappa shape index (κ1) is 10.5. The molecule has 0 spiro atoms. The summed E-state index contributed by atoms with van der Waals surface area (Å²) in [7, 11) is 0. The van der Waals surface area contributed by atoms with Crippen molar-refractivity contribution < 1.29 is 9.90 Å². The lowest BCUT2D eigenvalue weighted by Gasteiger charge is -2.31. The number of nitrogens with two attached hydrogens (primary N) is 1. The third-order valence-electron chi connectivity index (χ3n) is 3.09. The monoisotopic (exact) mass is 185 g/mol. The average Bonchev–Trinajstić information content (AvgIpc) is 2.34. The molecule has 1 atom stereocenters. The Balaban J connectivity index is 2.61. The fourth-order valence-electron chi connectivity index (χ4n) is 2.37. The Hall–Kier alpha value is -0.570. The van der Waals surface area contributed by atoms with E-state index in [1.165, 1.54) is 12.8 Å². The predicted octanol–water partition coefficient (Wildman–Crippen LogP) is 1.76. The van der Waals surface area contributed by atoms with Gasteiger partial charge in [0.2, 0.25) is 0 Å². The topological polar surface area (TPSA) is 63.3 Å². The van der Waals surface area contributed by atoms with E-state index in [4.69, 9.17) is 10.8 Å². The highest BCUT2D eigenvalue weighted by molar-refractivity contribution is 5.77. The molecular formula is C10H19NO2. The van der Waals surface area contributed by atoms with Gasteiger partial charge < -0.3 is 10.8 Å². The van der Waals surface area contributed by atoms with Gasteiger partial charge in [-0.15, -0.1) is 0 Å². The summed E-state index contributed by atoms with van der Waals surface area (Å²) in [5.41, 5.74) is 4.82. The molecule has 1 unspecified atom stereocenters. The summed E-state index contributed by atoms with van der Waals surface area (Å²) in [6.07, 6.45) is 5.26. The summed E-state index contributed by atoms with van der Waals surface area (Å²) >= 11 is 0. The van der Waals surface area contributed by atoms with Gasteiger partial charge in [-0.25, -0.2) is 0 Å². The molecule has 0 aromatic heterocycles. The van der Waals surface area contributed by atoms with E-state index in [-0.39, 0.29) is 5.41 Å². The fourth-order valence-corrected chi connectivity index (χ4v) is 2.37. The predicted molar refractivity (Wildman–Crippen MR) is 51.4 cm³/mol. The Labute approximate surface area is 79.3 Å². The van der Waals surface area contributed by atoms with E-state index in [0.29, 0.717) is 6.42 Å². The standard InChI is InChI=1S/C10H19NO2/c1-9(5-3-4-6-9)7-10(2,11)8(12)13/h3-7,11H2,1-2H3,(H,12,13). The minimum Gasteiger partial charge on any atom is -0.480 e. The SMILES string of the molecule is CC1(CC(C)(N)C(=O)O)CCCC1. The zero-order chi connectivity index (χ0) is 10.1. The molecule has 76 valence electrons. The van der Waals surface area contributed by atoms with Crippen molar-refractivity contribution in [3.63, 3.8) is 0 Å². The minimum absolute atomic E-state index is 0.155. The van der Waals surface area contributed by atoms with Crippen LogP contribution in [0.3, 0.4) is 0 Å². The third-order valence-corrected chi connectivity index (χ3v) is 3.09. The Bertz CT molecular complexity index is 205. The summed E-state index contributed by atoms with van der Waals surface area (Å²) in [5.74, 6) is -0.888. The van der Waals surface area contributed by atoms with Gasteiger partial charge in [-0.3, -0.25) is 4.79 Å². The van der Waals surface area contributed by atoms with E-state index in [0.717, 1.165) is 12.8 Å². The van der Waals surface area contributed by atoms with Crippen LogP contribution in [0, 0.1) is 5.41 Å². The molecule has 1 aliphatic carbocycles. The Morgan fingerprint density at radius 2 is 2.00 bits per heavy atom. The summed E-state index contributed by atoms with van der Waals surface area (Å²) in [6.45, 7) is 3.76. The van der Waals surface area contributed by atoms with Crippen LogP contribution in [0.1, 0.15) is 46.0 Å². The molecule has 1 aliphatic rings. The van der Waals surface area contributed by atoms with E-state index >= 15 is 0 Å². The van der Waals surface area contributed by atoms with Crippen LogP contribution >= 0.6 is 0 Å². The first-order valence-corrected chi connectivity index (χ1v) is 4.88. The van der Waals surface area contributed by atoms with E-state index < -0.39 is 11.5 Å². The molecule has 1 fully saturated rings. The molecule has 3 nitrogen and oxygen atoms in total. The van der Waals surface area contributed by atoms with Crippen molar-refractivity contribution in [1.82, 2.24) is 0 Å². The molecule has 13 heavy (non-hydrogen) atoms. The van der Waals surface area contributed by atoms with Crippen molar-refractivity contribution in [3.05, 3.63) is 0 Å². The zero-order valence-corrected chi connectivity index (χ0v) is 8.47. The number of hydrogen-bond acceptors (Lipinski definition) is 2. The smallest absolute Gasteiger partial charge is 0.323 e. The van der Waals surface area contributed by atoms with Gasteiger partial charge in [-0.1, -0.05) is 19.8 Å². The lowest BCUT2D eigenvalue weighted by molar-refractivity contribution is -0.143. The maximum Gasteiger partial charge on any atom is 0.323 e. The second-order valence-electron chi connectivity index (χ2n) is 4.92. The molecule has 0 heterocycles. The zero-order valence-electron chi connectivity index (χ0n) is 8.47. The molecule has 1 saturated carbocycles. The molecule has 0 radical (unpaired) electrons. The summed E-state index contributed by atoms with van der Waals surface area (Å²) in [6, 6.07) is 0. The Kier molecular flexibility index (Phi) is 2.66. The van der Waals surface area contributed by atoms with Crippen LogP contribution in [-0.2, 0) is 4.79 Å². The average molecular weight is 185 g/mol. The maximum absolute atomic E-state index is 10.8. The van der Waals surface area contributed by atoms with Crippen LogP contribution in [0.5, 0.6) is 0 Å². The van der Waals surface area contributed by atoms with Gasteiger partial charge in [-0.2, -0.15) is 0 Å². The summed E-state index contributed by atoms with van der Waals surface area (Å²) in [4.78, 5) is 10.8. The van der Waals surface area contributed by atoms with Gasteiger partial charge in [0.25, 0.3) is 0 Å². The van der Waals surface area contributed by atoms with Crippen molar-refractivity contribution in [2.45, 2.75) is 51.5 Å². The highest BCUT2D eigenvalue weighted by Crippen LogP contribution is 2.42. The van der Waals surface area contributed by atoms with E-state index in [2.05, 4.69) is 6.92 Å². The van der Waals surface area contributed by atoms with Gasteiger partial charge in [0.15, 0.2) is 0 Å². The molecule has 0 aromatic carbocycles. The number of rotatable bonds is 3. The van der Waals surface area contributed by atoms with Gasteiger partial charge >= 0.3 is 5.97 Å². The van der Waals surface area contributed by atoms with Crippen LogP contribution in [0.15, 0.2) is 0 Å². The van der Waals surface area contributed by atoms with Crippen LogP contribution in [-0.4, -0.2) is 16.6 Å². The second-order valence-corrected chi connectivity index (χ2v) is 4.92. The molecular weight excluding hydrogens is 166 g/mol. The van der Waals surface area contributed by atoms with Gasteiger partial charge in [0, 0.05) is 0 Å². The molecule has 3 N–H and O–H groups in total. The largest absolute Gasteiger partial charge is 0.480 e. The van der Waals surface area contributed by atoms with Crippen molar-refractivity contribution in [3.8, 4) is 0 Å². The highest BCUT2D eigenvalue weighted by atomic mass is 16.4. The number of carbonyl (C=O) groups is 1. The molecule has 3 heteroatoms. The van der Waals surface area contributed by atoms with Crippen molar-refractivity contribution >= 4 is 5.97 Å². The van der Waals surface area contributed by atoms with Crippen LogP contribution in [0.4, 0.5) is 0 Å². The normalized spacial score (nSPS) is 25.5. The molecule has 0 saturated heterocycles. The van der Waals surface area contributed by atoms with Gasteiger partial charge in [-0.05, 0) is 31.6 Å². The molecule has 0 aliphatic heterocycles. The lowest BCUT2D eigenvalue weighted by Crippen LogP contribution is -2.48. The summed E-state index contributed by atoms with van der Waals surface area (Å²) in [5, 5.41) is 8.89. The molecule has 0 aromatic rings. The Morgan fingerprint density at radius 1 is 1.54 bits per heavy atom. The summed E-state index contributed by atoms with van der Waals surface area (Å²) < 4.78 is 0. The highest BCUT2D eigenvalue weighted by Gasteiger charge is 2.39. The van der Waals surface area contributed by atoms with Crippen molar-refractivity contribution in [2.24, 2.45) is 11.1 Å². The number of hydrogen-bond donors (Lipinski definition) is 2. The van der Waals surface area contributed by atoms with Crippen molar-refractivity contribution in [1.29, 1.82) is 0 Å². The first-order chi connectivity index (χ1) is 5.86. The molecule has 1 rings (SSSR count). The molecule has 0 amide bonds. The second kappa shape index (κ2) is 3.29. The van der Waals surface area contributed by atoms with Crippen LogP contribution in [0.2, 0.25) is 0 Å². The van der Waals surface area contributed by atoms with Gasteiger partial charge in [0.1, 0.15) is 5.54 Å². The van der Waals surface area contributed by atoms with Gasteiger partial charge in [0.05, 0.1) is 0 Å². The van der Waals surface area contributed by atoms with E-state index in [9.17, 15) is 4.79 Å². The maximum atomic E-state index is 10.8. The van der Waals surface area contributed by atoms with E-state index in [1.54, 1.807) is 6.92 Å². The quantitative estimate of drug-likeness (QED) is 0.704. The third kappa shape index (κ3) is 2.44. The number of aliphatic carboxylic acids is 1. The fraction of sp³-hybridized carbons (Fsp3) is 0.900. The Morgan fingerprint density at radius 3 is 2.38 bits per heavy atom. The number of carboxylic acids is 1. The van der Waals surface area contributed by atoms with E-state index in [1.807, 2.05) is 0 Å². The van der Waals surface area contributed by atoms with Crippen LogP contribution in [0.25, 0.3) is 0 Å². The first-order valence-electron chi connectivity index (χ1n) is 4.88. The van der Waals surface area contributed by atoms with Crippen molar-refractivity contribution in [2.75, 3.05) is 0 Å². The minimum atomic E-state index is -1.06. The van der Waals surface area contributed by atoms with Crippen LogP contribution < -0.4 is 5.73 Å².